The number of benzene rings is 2. The largest absolute Gasteiger partial charge is 0.466 e. The van der Waals surface area contributed by atoms with Crippen LogP contribution < -0.4 is 11.1 Å². The maximum absolute atomic E-state index is 14.3. The van der Waals surface area contributed by atoms with Crippen molar-refractivity contribution in [3.05, 3.63) is 63.6 Å². The van der Waals surface area contributed by atoms with Crippen LogP contribution in [0.4, 0.5) is 15.3 Å². The average Bonchev–Trinajstić information content (AvgIpc) is 3.52. The molecule has 0 bridgehead atoms. The van der Waals surface area contributed by atoms with E-state index >= 15 is 0 Å². The van der Waals surface area contributed by atoms with E-state index in [9.17, 15) is 24.0 Å². The molecular formula is C42H57N7O8. The number of aromatic nitrogens is 1. The predicted molar refractivity (Wildman–Crippen MR) is 214 cm³/mol. The number of aromatic amines is 1. The van der Waals surface area contributed by atoms with E-state index in [1.54, 1.807) is 11.0 Å². The van der Waals surface area contributed by atoms with Crippen LogP contribution in [-0.4, -0.2) is 144 Å². The molecule has 0 spiro atoms. The van der Waals surface area contributed by atoms with E-state index in [2.05, 4.69) is 27.0 Å². The smallest absolute Gasteiger partial charge is 0.417 e. The molecule has 3 aromatic rings. The van der Waals surface area contributed by atoms with Gasteiger partial charge in [-0.25, -0.2) is 14.4 Å². The van der Waals surface area contributed by atoms with Crippen molar-refractivity contribution in [2.75, 3.05) is 77.4 Å². The lowest BCUT2D eigenvalue weighted by Gasteiger charge is -2.43. The summed E-state index contributed by atoms with van der Waals surface area (Å²) in [5.74, 6) is -0.920. The van der Waals surface area contributed by atoms with Gasteiger partial charge in [0.1, 0.15) is 0 Å². The lowest BCUT2D eigenvalue weighted by Crippen LogP contribution is -2.55. The second kappa shape index (κ2) is 18.6. The molecule has 0 aliphatic carbocycles. The van der Waals surface area contributed by atoms with E-state index in [1.807, 2.05) is 47.1 Å². The fraction of sp³-hybridized carbons (Fsp3) is 0.595. The van der Waals surface area contributed by atoms with Gasteiger partial charge in [0, 0.05) is 89.6 Å². The molecule has 1 aromatic heterocycles. The van der Waals surface area contributed by atoms with E-state index in [1.165, 1.54) is 0 Å². The first-order chi connectivity index (χ1) is 27.6. The van der Waals surface area contributed by atoms with Crippen molar-refractivity contribution in [3.8, 4) is 0 Å². The Balaban J connectivity index is 0.941. The summed E-state index contributed by atoms with van der Waals surface area (Å²) in [6.07, 6.45) is 4.42. The Labute approximate surface area is 333 Å². The number of oxazole rings is 1. The number of hydrogen-bond acceptors (Lipinski definition) is 10. The van der Waals surface area contributed by atoms with E-state index in [4.69, 9.17) is 13.9 Å². The number of piperazine rings is 1. The fourth-order valence-corrected chi connectivity index (χ4v) is 8.76. The van der Waals surface area contributed by atoms with Crippen LogP contribution in [0.3, 0.4) is 0 Å². The number of nitrogens with one attached hydrogen (secondary N) is 2. The molecule has 15 nitrogen and oxygen atoms in total. The normalized spacial score (nSPS) is 19.5. The summed E-state index contributed by atoms with van der Waals surface area (Å²) in [5.41, 5.74) is 4.45. The summed E-state index contributed by atoms with van der Waals surface area (Å²) in [7, 11) is 0. The molecule has 4 aliphatic heterocycles. The predicted octanol–water partition coefficient (Wildman–Crippen LogP) is 4.37. The molecule has 3 fully saturated rings. The third kappa shape index (κ3) is 9.98. The van der Waals surface area contributed by atoms with Crippen LogP contribution in [0.1, 0.15) is 68.6 Å². The number of aryl methyl sites for hydroxylation is 1. The number of unbranched alkanes of at least 4 members (excludes halogenated alkanes) is 1. The quantitative estimate of drug-likeness (QED) is 0.199. The fourth-order valence-electron chi connectivity index (χ4n) is 8.76. The topological polar surface area (TPSA) is 161 Å². The third-order valence-corrected chi connectivity index (χ3v) is 12.1. The van der Waals surface area contributed by atoms with E-state index in [-0.39, 0.29) is 30.4 Å². The van der Waals surface area contributed by atoms with Crippen LogP contribution in [-0.2, 0) is 31.9 Å². The lowest BCUT2D eigenvalue weighted by atomic mass is 9.99. The van der Waals surface area contributed by atoms with Crippen molar-refractivity contribution in [1.29, 1.82) is 0 Å². The molecule has 4 amide bonds. The molecule has 2 N–H and O–H groups in total. The van der Waals surface area contributed by atoms with Crippen molar-refractivity contribution in [2.45, 2.75) is 89.8 Å². The third-order valence-electron chi connectivity index (χ3n) is 12.1. The number of amides is 4. The van der Waals surface area contributed by atoms with Crippen LogP contribution in [0.25, 0.3) is 11.1 Å². The van der Waals surface area contributed by atoms with Gasteiger partial charge in [-0.05, 0) is 74.3 Å². The van der Waals surface area contributed by atoms with Gasteiger partial charge >= 0.3 is 23.8 Å². The van der Waals surface area contributed by atoms with Crippen LogP contribution in [0.15, 0.2) is 45.6 Å². The van der Waals surface area contributed by atoms with Gasteiger partial charge in [0.15, 0.2) is 11.7 Å². The highest BCUT2D eigenvalue weighted by Gasteiger charge is 2.37. The van der Waals surface area contributed by atoms with Crippen LogP contribution >= 0.6 is 0 Å². The second-order valence-electron chi connectivity index (χ2n) is 15.9. The zero-order valence-corrected chi connectivity index (χ0v) is 33.3. The first kappa shape index (κ1) is 40.3. The molecule has 4 aliphatic rings. The van der Waals surface area contributed by atoms with Crippen LogP contribution in [0, 0.1) is 6.92 Å². The number of anilines is 1. The molecule has 7 rings (SSSR count). The van der Waals surface area contributed by atoms with Gasteiger partial charge in [-0.15, -0.1) is 0 Å². The zero-order valence-electron chi connectivity index (χ0n) is 33.3. The molecule has 2 aromatic carbocycles. The Hall–Kier alpha value is -4.89. The molecule has 57 heavy (non-hydrogen) atoms. The standard InChI is InChI=1S/C42H57N7O8/c1-3-4-25-55-37(50)14-15-45-21-23-46(24-22-45)32-10-16-47(17-11-32)39(51)36(28-30-26-29(2)38-35(27-30)56-41(53)44-38)57-42(54)48-18-12-33(13-19-48)49-20-9-31-7-5-6-8-34(31)43-40(49)52/h5-8,26-27,32-33,36H,3-4,9-25,28H2,1-2H3,(H,43,52)(H,44,53)/t36-/m1/s1. The molecule has 3 saturated heterocycles. The minimum atomic E-state index is -1.07. The maximum atomic E-state index is 14.3. The number of esters is 1. The van der Waals surface area contributed by atoms with Crippen molar-refractivity contribution < 1.29 is 33.1 Å². The number of ether oxygens (including phenoxy) is 2. The highest BCUT2D eigenvalue weighted by atomic mass is 16.6. The molecule has 15 heteroatoms. The number of piperidine rings is 2. The first-order valence-electron chi connectivity index (χ1n) is 20.8. The van der Waals surface area contributed by atoms with Gasteiger partial charge in [-0.2, -0.15) is 0 Å². The summed E-state index contributed by atoms with van der Waals surface area (Å²) >= 11 is 0. The molecule has 1 atom stereocenters. The Kier molecular flexibility index (Phi) is 13.1. The Morgan fingerprint density at radius 2 is 1.61 bits per heavy atom. The number of para-hydroxylation sites is 1. The summed E-state index contributed by atoms with van der Waals surface area (Å²) in [4.78, 5) is 78.1. The number of likely N-dealkylation sites (tertiary alicyclic amines) is 2. The average molecular weight is 788 g/mol. The number of urea groups is 1. The van der Waals surface area contributed by atoms with Crippen molar-refractivity contribution in [3.63, 3.8) is 0 Å². The molecular weight excluding hydrogens is 731 g/mol. The minimum Gasteiger partial charge on any atom is -0.466 e. The van der Waals surface area contributed by atoms with Gasteiger partial charge in [-0.3, -0.25) is 19.5 Å². The number of hydrogen-bond donors (Lipinski definition) is 2. The molecule has 308 valence electrons. The summed E-state index contributed by atoms with van der Waals surface area (Å²) in [6.45, 7) is 11.3. The van der Waals surface area contributed by atoms with Crippen molar-refractivity contribution in [1.82, 2.24) is 29.5 Å². The lowest BCUT2D eigenvalue weighted by molar-refractivity contribution is -0.144. The SMILES string of the molecule is CCCCOC(=O)CCN1CCN(C2CCN(C(=O)[C@@H](Cc3cc(C)c4[nH]c(=O)oc4c3)OC(=O)N3CCC(N4CCc5ccccc5NC4=O)CC3)CC2)CC1. The van der Waals surface area contributed by atoms with Gasteiger partial charge in [0.05, 0.1) is 18.5 Å². The summed E-state index contributed by atoms with van der Waals surface area (Å²) < 4.78 is 16.8. The molecule has 0 unspecified atom stereocenters. The number of H-pyrrole nitrogens is 1. The number of fused-ring (bicyclic) bond motifs is 2. The van der Waals surface area contributed by atoms with Gasteiger partial charge < -0.3 is 38.8 Å². The Bertz CT molecular complexity index is 1940. The number of nitrogens with zero attached hydrogens (tertiary/aromatic N) is 5. The number of carbonyl (C=O) groups excluding carboxylic acids is 4. The Morgan fingerprint density at radius 3 is 2.37 bits per heavy atom. The molecule has 0 radical (unpaired) electrons. The van der Waals surface area contributed by atoms with Gasteiger partial charge in [0.25, 0.3) is 5.91 Å². The van der Waals surface area contributed by atoms with E-state index < -0.39 is 18.0 Å². The zero-order chi connectivity index (χ0) is 39.9. The highest BCUT2D eigenvalue weighted by Crippen LogP contribution is 2.27. The maximum Gasteiger partial charge on any atom is 0.417 e. The number of rotatable bonds is 12. The summed E-state index contributed by atoms with van der Waals surface area (Å²) in [5, 5.41) is 3.05. The van der Waals surface area contributed by atoms with Crippen molar-refractivity contribution >= 4 is 40.8 Å². The van der Waals surface area contributed by atoms with E-state index in [0.29, 0.717) is 82.3 Å². The van der Waals surface area contributed by atoms with Gasteiger partial charge in [-0.1, -0.05) is 37.6 Å². The number of carbonyl (C=O) groups is 4. The van der Waals surface area contributed by atoms with Crippen molar-refractivity contribution in [2.24, 2.45) is 0 Å². The molecule has 0 saturated carbocycles. The first-order valence-corrected chi connectivity index (χ1v) is 20.8. The Morgan fingerprint density at radius 1 is 0.895 bits per heavy atom. The van der Waals surface area contributed by atoms with Crippen LogP contribution in [0.5, 0.6) is 0 Å². The van der Waals surface area contributed by atoms with Gasteiger partial charge in [0.2, 0.25) is 0 Å². The molecule has 5 heterocycles. The monoisotopic (exact) mass is 787 g/mol. The summed E-state index contributed by atoms with van der Waals surface area (Å²) in [6, 6.07) is 11.7. The highest BCUT2D eigenvalue weighted by molar-refractivity contribution is 5.91. The minimum absolute atomic E-state index is 0.0186. The van der Waals surface area contributed by atoms with Crippen LogP contribution in [0.2, 0.25) is 0 Å². The van der Waals surface area contributed by atoms with E-state index in [0.717, 1.165) is 80.7 Å². The second-order valence-corrected chi connectivity index (χ2v) is 15.9.